The van der Waals surface area contributed by atoms with Gasteiger partial charge in [0.15, 0.2) is 0 Å². The third-order valence-corrected chi connectivity index (χ3v) is 3.89. The van der Waals surface area contributed by atoms with Crippen LogP contribution < -0.4 is 16.6 Å². The van der Waals surface area contributed by atoms with Gasteiger partial charge < -0.3 is 10.7 Å². The van der Waals surface area contributed by atoms with E-state index >= 15 is 0 Å². The summed E-state index contributed by atoms with van der Waals surface area (Å²) >= 11 is 4.77. The van der Waals surface area contributed by atoms with Gasteiger partial charge in [0.1, 0.15) is 11.6 Å². The minimum Gasteiger partial charge on any atom is -0.365 e. The first-order valence-corrected chi connectivity index (χ1v) is 6.95. The van der Waals surface area contributed by atoms with Crippen molar-refractivity contribution in [1.82, 2.24) is 9.97 Å². The number of nitrogen functional groups attached to an aromatic ring is 1. The van der Waals surface area contributed by atoms with Crippen LogP contribution in [-0.2, 0) is 12.7 Å². The van der Waals surface area contributed by atoms with E-state index in [0.29, 0.717) is 6.54 Å². The number of halogens is 4. The first kappa shape index (κ1) is 15.0. The number of hydrogen-bond acceptors (Lipinski definition) is 6. The van der Waals surface area contributed by atoms with Crippen molar-refractivity contribution in [3.05, 3.63) is 32.7 Å². The molecule has 108 valence electrons. The van der Waals surface area contributed by atoms with Crippen molar-refractivity contribution >= 4 is 38.9 Å². The van der Waals surface area contributed by atoms with Crippen molar-refractivity contribution in [2.45, 2.75) is 12.7 Å². The van der Waals surface area contributed by atoms with E-state index in [4.69, 9.17) is 5.84 Å². The molecule has 0 atom stereocenters. The molecule has 5 nitrogen and oxygen atoms in total. The Morgan fingerprint density at radius 1 is 1.25 bits per heavy atom. The summed E-state index contributed by atoms with van der Waals surface area (Å²) in [4.78, 5) is 7.64. The fourth-order valence-electron chi connectivity index (χ4n) is 1.36. The summed E-state index contributed by atoms with van der Waals surface area (Å²) < 4.78 is 38.8. The Hall–Kier alpha value is -1.39. The molecule has 2 heterocycles. The molecule has 0 saturated heterocycles. The number of alkyl halides is 3. The molecule has 0 aliphatic heterocycles. The Balaban J connectivity index is 2.18. The number of nitrogens with zero attached hydrogens (tertiary/aromatic N) is 2. The predicted molar refractivity (Wildman–Crippen MR) is 74.2 cm³/mol. The molecule has 0 amide bonds. The first-order valence-electron chi connectivity index (χ1n) is 5.28. The highest BCUT2D eigenvalue weighted by atomic mass is 79.9. The summed E-state index contributed by atoms with van der Waals surface area (Å²) in [7, 11) is 0. The van der Waals surface area contributed by atoms with E-state index in [0.717, 1.165) is 9.35 Å². The van der Waals surface area contributed by atoms with Crippen LogP contribution in [0.1, 0.15) is 10.7 Å². The van der Waals surface area contributed by atoms with Crippen molar-refractivity contribution in [3.8, 4) is 0 Å². The van der Waals surface area contributed by atoms with Crippen LogP contribution in [0.4, 0.5) is 24.8 Å². The van der Waals surface area contributed by atoms with Gasteiger partial charge in [-0.1, -0.05) is 0 Å². The molecule has 2 rings (SSSR count). The summed E-state index contributed by atoms with van der Waals surface area (Å²) in [6.45, 7) is 0.356. The van der Waals surface area contributed by atoms with Gasteiger partial charge >= 0.3 is 6.18 Å². The highest BCUT2D eigenvalue weighted by Crippen LogP contribution is 2.28. The third kappa shape index (κ3) is 3.81. The van der Waals surface area contributed by atoms with Crippen molar-refractivity contribution in [1.29, 1.82) is 0 Å². The van der Waals surface area contributed by atoms with Crippen LogP contribution in [0.25, 0.3) is 0 Å². The fraction of sp³-hybridized carbons (Fsp3) is 0.200. The summed E-state index contributed by atoms with van der Waals surface area (Å²) in [6.07, 6.45) is -4.63. The summed E-state index contributed by atoms with van der Waals surface area (Å²) in [5, 5.41) is 4.68. The van der Waals surface area contributed by atoms with Gasteiger partial charge in [-0.3, -0.25) is 0 Å². The van der Waals surface area contributed by atoms with E-state index in [1.54, 1.807) is 0 Å². The van der Waals surface area contributed by atoms with Crippen LogP contribution in [0.5, 0.6) is 0 Å². The molecule has 0 spiro atoms. The number of nitrogens with two attached hydrogens (primary N) is 1. The number of rotatable bonds is 4. The van der Waals surface area contributed by atoms with Gasteiger partial charge in [0.2, 0.25) is 5.82 Å². The molecule has 0 aliphatic rings. The lowest BCUT2D eigenvalue weighted by Crippen LogP contribution is -2.17. The molecule has 0 aromatic carbocycles. The zero-order valence-electron chi connectivity index (χ0n) is 9.83. The Bertz CT molecular complexity index is 601. The molecule has 0 bridgehead atoms. The smallest absolute Gasteiger partial charge is 0.365 e. The lowest BCUT2D eigenvalue weighted by atomic mass is 10.4. The van der Waals surface area contributed by atoms with E-state index in [1.165, 1.54) is 17.4 Å². The number of hydrazine groups is 1. The average molecular weight is 368 g/mol. The van der Waals surface area contributed by atoms with E-state index in [2.05, 4.69) is 36.6 Å². The van der Waals surface area contributed by atoms with Crippen LogP contribution in [0, 0.1) is 0 Å². The molecular weight excluding hydrogens is 359 g/mol. The number of nitrogens with one attached hydrogen (secondary N) is 2. The van der Waals surface area contributed by atoms with Crippen molar-refractivity contribution in [3.63, 3.8) is 0 Å². The van der Waals surface area contributed by atoms with Gasteiger partial charge in [-0.05, 0) is 22.0 Å². The molecular formula is C10H9BrF3N5S. The Labute approximate surface area is 124 Å². The predicted octanol–water partition coefficient (Wildman–Crippen LogP) is 3.22. The molecule has 0 fully saturated rings. The number of aromatic nitrogens is 2. The molecule has 0 saturated carbocycles. The summed E-state index contributed by atoms with van der Waals surface area (Å²) in [5.74, 6) is 3.79. The summed E-state index contributed by atoms with van der Waals surface area (Å²) in [6, 6.07) is 3.17. The number of anilines is 2. The highest BCUT2D eigenvalue weighted by Gasteiger charge is 2.35. The van der Waals surface area contributed by atoms with Crippen LogP contribution in [0.15, 0.2) is 22.0 Å². The molecule has 0 radical (unpaired) electrons. The van der Waals surface area contributed by atoms with Crippen molar-refractivity contribution in [2.75, 3.05) is 10.7 Å². The molecule has 4 N–H and O–H groups in total. The van der Waals surface area contributed by atoms with Gasteiger partial charge in [-0.15, -0.1) is 11.3 Å². The summed E-state index contributed by atoms with van der Waals surface area (Å²) in [5.41, 5.74) is 2.09. The minimum absolute atomic E-state index is 0.0461. The maximum absolute atomic E-state index is 12.6. The molecule has 2 aromatic rings. The van der Waals surface area contributed by atoms with Crippen LogP contribution in [-0.4, -0.2) is 9.97 Å². The van der Waals surface area contributed by atoms with Crippen LogP contribution in [0.2, 0.25) is 0 Å². The maximum Gasteiger partial charge on any atom is 0.451 e. The van der Waals surface area contributed by atoms with Crippen LogP contribution in [0.3, 0.4) is 0 Å². The molecule has 20 heavy (non-hydrogen) atoms. The monoisotopic (exact) mass is 367 g/mol. The van der Waals surface area contributed by atoms with Gasteiger partial charge in [0.25, 0.3) is 0 Å². The second-order valence-corrected chi connectivity index (χ2v) is 5.60. The first-order chi connectivity index (χ1) is 9.38. The number of thiophene rings is 1. The number of hydrogen-bond donors (Lipinski definition) is 3. The lowest BCUT2D eigenvalue weighted by molar-refractivity contribution is -0.144. The normalized spacial score (nSPS) is 11.4. The third-order valence-electron chi connectivity index (χ3n) is 2.19. The second-order valence-electron chi connectivity index (χ2n) is 3.69. The highest BCUT2D eigenvalue weighted by molar-refractivity contribution is 9.10. The van der Waals surface area contributed by atoms with E-state index in [9.17, 15) is 13.2 Å². The van der Waals surface area contributed by atoms with E-state index < -0.39 is 12.0 Å². The van der Waals surface area contributed by atoms with Gasteiger partial charge in [0.05, 0.1) is 6.54 Å². The molecule has 0 aliphatic carbocycles. The van der Waals surface area contributed by atoms with Crippen molar-refractivity contribution < 1.29 is 13.2 Å². The zero-order valence-corrected chi connectivity index (χ0v) is 12.2. The quantitative estimate of drug-likeness (QED) is 0.571. The lowest BCUT2D eigenvalue weighted by Gasteiger charge is -2.10. The second kappa shape index (κ2) is 5.94. The topological polar surface area (TPSA) is 75.9 Å². The van der Waals surface area contributed by atoms with Gasteiger partial charge in [-0.25, -0.2) is 15.8 Å². The Morgan fingerprint density at radius 3 is 2.50 bits per heavy atom. The van der Waals surface area contributed by atoms with E-state index in [-0.39, 0.29) is 11.6 Å². The zero-order chi connectivity index (χ0) is 14.8. The molecule has 2 aromatic heterocycles. The molecule has 0 unspecified atom stereocenters. The largest absolute Gasteiger partial charge is 0.451 e. The standard InChI is InChI=1S/C10H9BrF3N5S/c11-5-1-6(20-4-5)3-16-7-2-8(19-15)18-9(17-7)10(12,13)14/h1-2,4H,3,15H2,(H2,16,17,18,19). The van der Waals surface area contributed by atoms with Crippen LogP contribution >= 0.6 is 27.3 Å². The minimum atomic E-state index is -4.63. The Morgan fingerprint density at radius 2 is 1.95 bits per heavy atom. The van der Waals surface area contributed by atoms with Gasteiger partial charge in [0, 0.05) is 20.8 Å². The van der Waals surface area contributed by atoms with E-state index in [1.807, 2.05) is 11.4 Å². The SMILES string of the molecule is NNc1cc(NCc2cc(Br)cs2)nc(C(F)(F)F)n1. The Kier molecular flexibility index (Phi) is 4.45. The average Bonchev–Trinajstić information content (AvgIpc) is 2.81. The fourth-order valence-corrected chi connectivity index (χ4v) is 2.75. The van der Waals surface area contributed by atoms with Crippen molar-refractivity contribution in [2.24, 2.45) is 5.84 Å². The molecule has 10 heteroatoms. The van der Waals surface area contributed by atoms with Gasteiger partial charge in [-0.2, -0.15) is 13.2 Å². The maximum atomic E-state index is 12.6.